The molecule has 1 aromatic rings. The molecule has 1 N–H and O–H groups in total. The van der Waals surface area contributed by atoms with Gasteiger partial charge >= 0.3 is 0 Å². The van der Waals surface area contributed by atoms with Gasteiger partial charge in [0.15, 0.2) is 0 Å². The lowest BCUT2D eigenvalue weighted by Crippen LogP contribution is -2.34. The molecule has 0 spiro atoms. The molecule has 0 unspecified atom stereocenters. The molecule has 1 saturated carbocycles. The predicted molar refractivity (Wildman–Crippen MR) is 90.0 cm³/mol. The summed E-state index contributed by atoms with van der Waals surface area (Å²) in [7, 11) is 4.34. The molecule has 112 valence electrons. The van der Waals surface area contributed by atoms with Crippen molar-refractivity contribution >= 4 is 15.9 Å². The molecule has 1 fully saturated rings. The number of benzene rings is 1. The number of halogens is 1. The summed E-state index contributed by atoms with van der Waals surface area (Å²) in [6, 6.07) is 7.33. The maximum absolute atomic E-state index is 3.57. The van der Waals surface area contributed by atoms with Crippen LogP contribution in [0.15, 0.2) is 22.7 Å². The second-order valence-corrected chi connectivity index (χ2v) is 7.19. The Morgan fingerprint density at radius 2 is 1.95 bits per heavy atom. The van der Waals surface area contributed by atoms with E-state index in [0.29, 0.717) is 0 Å². The van der Waals surface area contributed by atoms with Crippen LogP contribution in [0.3, 0.4) is 0 Å². The maximum atomic E-state index is 3.57. The zero-order valence-corrected chi connectivity index (χ0v) is 14.5. The van der Waals surface area contributed by atoms with Gasteiger partial charge in [0.2, 0.25) is 0 Å². The molecule has 0 bridgehead atoms. The van der Waals surface area contributed by atoms with Gasteiger partial charge in [0.05, 0.1) is 0 Å². The maximum Gasteiger partial charge on any atom is 0.0233 e. The van der Waals surface area contributed by atoms with Gasteiger partial charge in [-0.25, -0.2) is 0 Å². The average Bonchev–Trinajstić information content (AvgIpc) is 2.43. The Hall–Kier alpha value is -0.380. The number of rotatable bonds is 5. The lowest BCUT2D eigenvalue weighted by molar-refractivity contribution is 0.211. The SMILES string of the molecule is CNC1CCC(CN(C)Cc2cc(Br)ccc2C)CC1. The normalized spacial score (nSPS) is 23.2. The Morgan fingerprint density at radius 1 is 1.25 bits per heavy atom. The molecule has 2 rings (SSSR count). The van der Waals surface area contributed by atoms with E-state index >= 15 is 0 Å². The van der Waals surface area contributed by atoms with E-state index in [-0.39, 0.29) is 0 Å². The zero-order valence-electron chi connectivity index (χ0n) is 13.0. The third-order valence-corrected chi connectivity index (χ3v) is 5.07. The second kappa shape index (κ2) is 7.58. The molecule has 1 aliphatic carbocycles. The Bertz CT molecular complexity index is 425. The molecule has 0 aromatic heterocycles. The summed E-state index contributed by atoms with van der Waals surface area (Å²) in [4.78, 5) is 2.49. The van der Waals surface area contributed by atoms with Crippen LogP contribution in [-0.4, -0.2) is 31.6 Å². The van der Waals surface area contributed by atoms with E-state index in [2.05, 4.69) is 65.4 Å². The molecular formula is C17H27BrN2. The highest BCUT2D eigenvalue weighted by Gasteiger charge is 2.21. The van der Waals surface area contributed by atoms with Crippen LogP contribution in [0.1, 0.15) is 36.8 Å². The first kappa shape index (κ1) is 16.0. The van der Waals surface area contributed by atoms with Gasteiger partial charge in [-0.15, -0.1) is 0 Å². The van der Waals surface area contributed by atoms with E-state index in [9.17, 15) is 0 Å². The monoisotopic (exact) mass is 338 g/mol. The first-order valence-corrected chi connectivity index (χ1v) is 8.48. The van der Waals surface area contributed by atoms with Crippen molar-refractivity contribution in [3.8, 4) is 0 Å². The summed E-state index contributed by atoms with van der Waals surface area (Å²) in [6.07, 6.45) is 5.41. The van der Waals surface area contributed by atoms with Crippen molar-refractivity contribution in [3.05, 3.63) is 33.8 Å². The van der Waals surface area contributed by atoms with Crippen molar-refractivity contribution in [2.24, 2.45) is 5.92 Å². The van der Waals surface area contributed by atoms with E-state index < -0.39 is 0 Å². The molecule has 0 saturated heterocycles. The highest BCUT2D eigenvalue weighted by atomic mass is 79.9. The van der Waals surface area contributed by atoms with Gasteiger partial charge in [-0.2, -0.15) is 0 Å². The van der Waals surface area contributed by atoms with Crippen LogP contribution in [0.4, 0.5) is 0 Å². The van der Waals surface area contributed by atoms with Gasteiger partial charge in [0.25, 0.3) is 0 Å². The quantitative estimate of drug-likeness (QED) is 0.873. The highest BCUT2D eigenvalue weighted by Crippen LogP contribution is 2.25. The number of nitrogens with one attached hydrogen (secondary N) is 1. The Labute approximate surface area is 132 Å². The minimum atomic E-state index is 0.754. The molecule has 20 heavy (non-hydrogen) atoms. The fourth-order valence-corrected chi connectivity index (χ4v) is 3.65. The van der Waals surface area contributed by atoms with Crippen LogP contribution in [0.2, 0.25) is 0 Å². The van der Waals surface area contributed by atoms with Gasteiger partial charge in [-0.3, -0.25) is 0 Å². The van der Waals surface area contributed by atoms with E-state index in [1.165, 1.54) is 47.8 Å². The predicted octanol–water partition coefficient (Wildman–Crippen LogP) is 3.97. The van der Waals surface area contributed by atoms with Crippen molar-refractivity contribution in [2.75, 3.05) is 20.6 Å². The van der Waals surface area contributed by atoms with Crippen molar-refractivity contribution < 1.29 is 0 Å². The van der Waals surface area contributed by atoms with Gasteiger partial charge in [0.1, 0.15) is 0 Å². The molecule has 0 heterocycles. The smallest absolute Gasteiger partial charge is 0.0233 e. The third-order valence-electron chi connectivity index (χ3n) is 4.58. The van der Waals surface area contributed by atoms with Crippen LogP contribution in [0.5, 0.6) is 0 Å². The highest BCUT2D eigenvalue weighted by molar-refractivity contribution is 9.10. The van der Waals surface area contributed by atoms with E-state index in [4.69, 9.17) is 0 Å². The third kappa shape index (κ3) is 4.57. The van der Waals surface area contributed by atoms with Crippen molar-refractivity contribution in [1.29, 1.82) is 0 Å². The Balaban J connectivity index is 1.83. The fourth-order valence-electron chi connectivity index (χ4n) is 3.24. The average molecular weight is 339 g/mol. The number of hydrogen-bond donors (Lipinski definition) is 1. The summed E-state index contributed by atoms with van der Waals surface area (Å²) >= 11 is 3.57. The fraction of sp³-hybridized carbons (Fsp3) is 0.647. The lowest BCUT2D eigenvalue weighted by atomic mass is 9.86. The van der Waals surface area contributed by atoms with E-state index in [0.717, 1.165) is 18.5 Å². The number of hydrogen-bond acceptors (Lipinski definition) is 2. The summed E-state index contributed by atoms with van der Waals surface area (Å²) < 4.78 is 1.18. The van der Waals surface area contributed by atoms with Crippen molar-refractivity contribution in [2.45, 2.75) is 45.2 Å². The van der Waals surface area contributed by atoms with Crippen LogP contribution in [0, 0.1) is 12.8 Å². The molecule has 2 nitrogen and oxygen atoms in total. The van der Waals surface area contributed by atoms with Gasteiger partial charge in [-0.1, -0.05) is 22.0 Å². The first-order valence-electron chi connectivity index (χ1n) is 7.69. The Kier molecular flexibility index (Phi) is 6.06. The van der Waals surface area contributed by atoms with Crippen LogP contribution >= 0.6 is 15.9 Å². The van der Waals surface area contributed by atoms with E-state index in [1.54, 1.807) is 0 Å². The lowest BCUT2D eigenvalue weighted by Gasteiger charge is -2.31. The Morgan fingerprint density at radius 3 is 2.60 bits per heavy atom. The summed E-state index contributed by atoms with van der Waals surface area (Å²) in [6.45, 7) is 4.48. The first-order chi connectivity index (χ1) is 9.58. The molecule has 0 radical (unpaired) electrons. The molecular weight excluding hydrogens is 312 g/mol. The van der Waals surface area contributed by atoms with E-state index in [1.807, 2.05) is 0 Å². The number of aryl methyl sites for hydroxylation is 1. The summed E-state index contributed by atoms with van der Waals surface area (Å²) in [5.41, 5.74) is 2.82. The topological polar surface area (TPSA) is 15.3 Å². The van der Waals surface area contributed by atoms with Gasteiger partial charge < -0.3 is 10.2 Å². The minimum absolute atomic E-state index is 0.754. The standard InChI is InChI=1S/C17H27BrN2/c1-13-4-7-16(18)10-15(13)12-20(3)11-14-5-8-17(19-2)9-6-14/h4,7,10,14,17,19H,5-6,8-9,11-12H2,1-3H3. The summed E-state index contributed by atoms with van der Waals surface area (Å²) in [5, 5.41) is 3.41. The molecule has 0 amide bonds. The number of nitrogens with zero attached hydrogens (tertiary/aromatic N) is 1. The molecule has 0 aliphatic heterocycles. The zero-order chi connectivity index (χ0) is 14.5. The molecule has 0 atom stereocenters. The molecule has 3 heteroatoms. The van der Waals surface area contributed by atoms with Gasteiger partial charge in [0, 0.05) is 23.6 Å². The van der Waals surface area contributed by atoms with Crippen molar-refractivity contribution in [1.82, 2.24) is 10.2 Å². The van der Waals surface area contributed by atoms with Gasteiger partial charge in [-0.05, 0) is 75.9 Å². The van der Waals surface area contributed by atoms with Crippen LogP contribution in [0.25, 0.3) is 0 Å². The second-order valence-electron chi connectivity index (χ2n) is 6.27. The van der Waals surface area contributed by atoms with Crippen molar-refractivity contribution in [3.63, 3.8) is 0 Å². The van der Waals surface area contributed by atoms with Crippen LogP contribution < -0.4 is 5.32 Å². The van der Waals surface area contributed by atoms with Crippen LogP contribution in [-0.2, 0) is 6.54 Å². The summed E-state index contributed by atoms with van der Waals surface area (Å²) in [5.74, 6) is 0.872. The largest absolute Gasteiger partial charge is 0.317 e. The minimum Gasteiger partial charge on any atom is -0.317 e. The molecule has 1 aromatic carbocycles. The molecule has 1 aliphatic rings.